The second-order valence-electron chi connectivity index (χ2n) is 4.65. The van der Waals surface area contributed by atoms with Crippen LogP contribution in [0.15, 0.2) is 36.7 Å². The fourth-order valence-electron chi connectivity index (χ4n) is 2.33. The third-order valence-electron chi connectivity index (χ3n) is 3.43. The van der Waals surface area contributed by atoms with E-state index in [9.17, 15) is 0 Å². The number of halogens is 2. The summed E-state index contributed by atoms with van der Waals surface area (Å²) < 4.78 is 0. The van der Waals surface area contributed by atoms with Crippen molar-refractivity contribution >= 4 is 34.6 Å². The van der Waals surface area contributed by atoms with Crippen molar-refractivity contribution in [3.8, 4) is 0 Å². The predicted molar refractivity (Wildman–Crippen MR) is 82.9 cm³/mol. The van der Waals surface area contributed by atoms with Crippen molar-refractivity contribution in [2.75, 3.05) is 36.0 Å². The topological polar surface area (TPSA) is 32.3 Å². The molecule has 0 unspecified atom stereocenters. The zero-order valence-corrected chi connectivity index (χ0v) is 12.3. The van der Waals surface area contributed by atoms with E-state index in [4.69, 9.17) is 23.2 Å². The number of nitrogens with zero attached hydrogens (tertiary/aromatic N) is 4. The number of pyridine rings is 2. The minimum Gasteiger partial charge on any atom is -0.367 e. The van der Waals surface area contributed by atoms with Gasteiger partial charge in [0.1, 0.15) is 10.3 Å². The lowest BCUT2D eigenvalue weighted by molar-refractivity contribution is 0.652. The zero-order valence-electron chi connectivity index (χ0n) is 10.8. The molecule has 0 bridgehead atoms. The normalized spacial score (nSPS) is 15.5. The Morgan fingerprint density at radius 3 is 1.40 bits per heavy atom. The number of rotatable bonds is 2. The van der Waals surface area contributed by atoms with Crippen LogP contribution < -0.4 is 9.80 Å². The van der Waals surface area contributed by atoms with Crippen LogP contribution in [0, 0.1) is 0 Å². The van der Waals surface area contributed by atoms with Gasteiger partial charge in [-0.3, -0.25) is 0 Å². The summed E-state index contributed by atoms with van der Waals surface area (Å²) >= 11 is 11.6. The van der Waals surface area contributed by atoms with Crippen LogP contribution in [0.25, 0.3) is 0 Å². The average Bonchev–Trinajstić information content (AvgIpc) is 2.49. The van der Waals surface area contributed by atoms with Gasteiger partial charge in [-0.1, -0.05) is 23.2 Å². The Hall–Kier alpha value is -1.52. The van der Waals surface area contributed by atoms with Crippen molar-refractivity contribution in [3.05, 3.63) is 47.0 Å². The van der Waals surface area contributed by atoms with E-state index in [1.165, 1.54) is 0 Å². The molecule has 0 radical (unpaired) electrons. The maximum Gasteiger partial charge on any atom is 0.129 e. The second-order valence-corrected chi connectivity index (χ2v) is 5.43. The second kappa shape index (κ2) is 5.85. The number of hydrogen-bond acceptors (Lipinski definition) is 4. The molecule has 0 N–H and O–H groups in total. The molecule has 2 aromatic heterocycles. The first-order valence-electron chi connectivity index (χ1n) is 6.45. The van der Waals surface area contributed by atoms with E-state index in [1.54, 1.807) is 0 Å². The van der Waals surface area contributed by atoms with Gasteiger partial charge in [0, 0.05) is 26.2 Å². The molecule has 3 heterocycles. The summed E-state index contributed by atoms with van der Waals surface area (Å²) in [5.74, 6) is 0. The molecule has 0 aromatic carbocycles. The van der Waals surface area contributed by atoms with Crippen molar-refractivity contribution in [2.24, 2.45) is 0 Å². The molecular formula is C14H14Cl2N4. The highest BCUT2D eigenvalue weighted by atomic mass is 35.5. The average molecular weight is 309 g/mol. The van der Waals surface area contributed by atoms with Gasteiger partial charge in [-0.15, -0.1) is 0 Å². The third-order valence-corrected chi connectivity index (χ3v) is 3.88. The fourth-order valence-corrected chi connectivity index (χ4v) is 2.56. The first kappa shape index (κ1) is 13.5. The molecule has 1 fully saturated rings. The van der Waals surface area contributed by atoms with E-state index in [0.717, 1.165) is 37.6 Å². The summed E-state index contributed by atoms with van der Waals surface area (Å²) in [4.78, 5) is 12.9. The van der Waals surface area contributed by atoms with Crippen molar-refractivity contribution in [1.82, 2.24) is 9.97 Å². The Bertz CT molecular complexity index is 509. The van der Waals surface area contributed by atoms with Gasteiger partial charge in [0.05, 0.1) is 23.8 Å². The van der Waals surface area contributed by atoms with E-state index in [2.05, 4.69) is 19.8 Å². The number of piperazine rings is 1. The quantitative estimate of drug-likeness (QED) is 0.798. The molecule has 0 atom stereocenters. The zero-order chi connectivity index (χ0) is 13.9. The van der Waals surface area contributed by atoms with E-state index in [-0.39, 0.29) is 0 Å². The molecule has 6 heteroatoms. The third kappa shape index (κ3) is 2.97. The molecule has 104 valence electrons. The number of hydrogen-bond donors (Lipinski definition) is 0. The standard InChI is InChI=1S/C14H14Cl2N4/c15-13-3-1-11(9-17-13)19-5-7-20(8-6-19)12-2-4-14(16)18-10-12/h1-4,9-10H,5-8H2. The Balaban J connectivity index is 1.64. The van der Waals surface area contributed by atoms with E-state index in [1.807, 2.05) is 36.7 Å². The minimum absolute atomic E-state index is 0.527. The van der Waals surface area contributed by atoms with Crippen LogP contribution in [0.2, 0.25) is 10.3 Å². The van der Waals surface area contributed by atoms with Gasteiger partial charge in [0.15, 0.2) is 0 Å². The van der Waals surface area contributed by atoms with Crippen LogP contribution in [0.3, 0.4) is 0 Å². The Labute approximate surface area is 128 Å². The molecule has 1 aliphatic rings. The van der Waals surface area contributed by atoms with Gasteiger partial charge in [-0.2, -0.15) is 0 Å². The Morgan fingerprint density at radius 1 is 0.700 bits per heavy atom. The minimum atomic E-state index is 0.527. The maximum atomic E-state index is 5.81. The van der Waals surface area contributed by atoms with Gasteiger partial charge in [-0.25, -0.2) is 9.97 Å². The van der Waals surface area contributed by atoms with Crippen molar-refractivity contribution in [1.29, 1.82) is 0 Å². The highest BCUT2D eigenvalue weighted by Crippen LogP contribution is 2.21. The van der Waals surface area contributed by atoms with Gasteiger partial charge >= 0.3 is 0 Å². The van der Waals surface area contributed by atoms with Gasteiger partial charge in [0.2, 0.25) is 0 Å². The Kier molecular flexibility index (Phi) is 3.94. The molecule has 20 heavy (non-hydrogen) atoms. The highest BCUT2D eigenvalue weighted by molar-refractivity contribution is 6.29. The summed E-state index contributed by atoms with van der Waals surface area (Å²) in [5.41, 5.74) is 2.23. The summed E-state index contributed by atoms with van der Waals surface area (Å²) in [5, 5.41) is 1.05. The van der Waals surface area contributed by atoms with E-state index < -0.39 is 0 Å². The molecular weight excluding hydrogens is 295 g/mol. The molecule has 4 nitrogen and oxygen atoms in total. The first-order valence-corrected chi connectivity index (χ1v) is 7.21. The lowest BCUT2D eigenvalue weighted by Gasteiger charge is -2.37. The van der Waals surface area contributed by atoms with E-state index in [0.29, 0.717) is 10.3 Å². The predicted octanol–water partition coefficient (Wildman–Crippen LogP) is 3.11. The van der Waals surface area contributed by atoms with Crippen LogP contribution in [0.4, 0.5) is 11.4 Å². The molecule has 0 amide bonds. The SMILES string of the molecule is Clc1ccc(N2CCN(c3ccc(Cl)nc3)CC2)cn1. The van der Waals surface area contributed by atoms with E-state index >= 15 is 0 Å². The van der Waals surface area contributed by atoms with Gasteiger partial charge in [0.25, 0.3) is 0 Å². The summed E-state index contributed by atoms with van der Waals surface area (Å²) in [6, 6.07) is 7.67. The van der Waals surface area contributed by atoms with Crippen molar-refractivity contribution in [3.63, 3.8) is 0 Å². The monoisotopic (exact) mass is 308 g/mol. The molecule has 2 aromatic rings. The van der Waals surface area contributed by atoms with Crippen molar-refractivity contribution < 1.29 is 0 Å². The molecule has 1 aliphatic heterocycles. The highest BCUT2D eigenvalue weighted by Gasteiger charge is 2.17. The molecule has 3 rings (SSSR count). The molecule has 1 saturated heterocycles. The lowest BCUT2D eigenvalue weighted by Crippen LogP contribution is -2.46. The molecule has 0 spiro atoms. The summed E-state index contributed by atoms with van der Waals surface area (Å²) in [6.45, 7) is 3.80. The first-order chi connectivity index (χ1) is 9.72. The van der Waals surface area contributed by atoms with Crippen LogP contribution in [-0.2, 0) is 0 Å². The van der Waals surface area contributed by atoms with Crippen molar-refractivity contribution in [2.45, 2.75) is 0 Å². The van der Waals surface area contributed by atoms with Crippen LogP contribution >= 0.6 is 23.2 Å². The van der Waals surface area contributed by atoms with Crippen LogP contribution in [0.5, 0.6) is 0 Å². The maximum absolute atomic E-state index is 5.81. The summed E-state index contributed by atoms with van der Waals surface area (Å²) in [7, 11) is 0. The fraction of sp³-hybridized carbons (Fsp3) is 0.286. The van der Waals surface area contributed by atoms with Gasteiger partial charge < -0.3 is 9.80 Å². The molecule has 0 saturated carbocycles. The number of aromatic nitrogens is 2. The smallest absolute Gasteiger partial charge is 0.129 e. The largest absolute Gasteiger partial charge is 0.367 e. The van der Waals surface area contributed by atoms with Crippen LogP contribution in [-0.4, -0.2) is 36.1 Å². The lowest BCUT2D eigenvalue weighted by atomic mass is 10.2. The Morgan fingerprint density at radius 2 is 1.10 bits per heavy atom. The summed E-state index contributed by atoms with van der Waals surface area (Å²) in [6.07, 6.45) is 3.64. The van der Waals surface area contributed by atoms with Gasteiger partial charge in [-0.05, 0) is 24.3 Å². The molecule has 0 aliphatic carbocycles. The van der Waals surface area contributed by atoms with Crippen LogP contribution in [0.1, 0.15) is 0 Å². The number of anilines is 2.